The van der Waals surface area contributed by atoms with E-state index in [1.807, 2.05) is 24.8 Å². The highest BCUT2D eigenvalue weighted by atomic mass is 16.5. The SMILES string of the molecule is CC(C)=CCO[C@@H]1CCOC[C@@H]1NC(=O)C1CCN(CC(N)=O)CC1. The topological polar surface area (TPSA) is 93.9 Å². The number of hydrogen-bond donors (Lipinski definition) is 2. The maximum absolute atomic E-state index is 12.6. The molecule has 2 amide bonds. The van der Waals surface area contributed by atoms with Crippen molar-refractivity contribution in [2.75, 3.05) is 39.5 Å². The van der Waals surface area contributed by atoms with Gasteiger partial charge in [-0.2, -0.15) is 0 Å². The van der Waals surface area contributed by atoms with E-state index in [2.05, 4.69) is 5.32 Å². The first-order chi connectivity index (χ1) is 12.0. The van der Waals surface area contributed by atoms with E-state index < -0.39 is 0 Å². The van der Waals surface area contributed by atoms with Crippen LogP contribution in [0.1, 0.15) is 33.1 Å². The Morgan fingerprint density at radius 1 is 1.28 bits per heavy atom. The molecule has 0 radical (unpaired) electrons. The number of primary amides is 1. The van der Waals surface area contributed by atoms with Crippen LogP contribution in [-0.2, 0) is 19.1 Å². The third-order valence-electron chi connectivity index (χ3n) is 4.76. The van der Waals surface area contributed by atoms with Crippen LogP contribution in [0.5, 0.6) is 0 Å². The molecule has 25 heavy (non-hydrogen) atoms. The summed E-state index contributed by atoms with van der Waals surface area (Å²) in [5.41, 5.74) is 6.44. The molecule has 2 heterocycles. The average Bonchev–Trinajstić information content (AvgIpc) is 2.56. The van der Waals surface area contributed by atoms with Gasteiger partial charge in [-0.15, -0.1) is 0 Å². The van der Waals surface area contributed by atoms with Gasteiger partial charge in [-0.25, -0.2) is 0 Å². The highest BCUT2D eigenvalue weighted by molar-refractivity contribution is 5.79. The molecule has 2 rings (SSSR count). The second-order valence-electron chi connectivity index (χ2n) is 7.15. The zero-order chi connectivity index (χ0) is 18.2. The van der Waals surface area contributed by atoms with Gasteiger partial charge in [-0.3, -0.25) is 14.5 Å². The second kappa shape index (κ2) is 9.89. The minimum absolute atomic E-state index is 0.0109. The molecule has 0 spiro atoms. The Hall–Kier alpha value is -1.44. The van der Waals surface area contributed by atoms with Gasteiger partial charge >= 0.3 is 0 Å². The Labute approximate surface area is 149 Å². The van der Waals surface area contributed by atoms with Gasteiger partial charge in [0, 0.05) is 12.5 Å². The number of likely N-dealkylation sites (tertiary alicyclic amines) is 1. The number of nitrogens with one attached hydrogen (secondary N) is 1. The zero-order valence-corrected chi connectivity index (χ0v) is 15.3. The summed E-state index contributed by atoms with van der Waals surface area (Å²) in [6.45, 7) is 7.51. The number of piperidine rings is 1. The number of nitrogens with two attached hydrogens (primary N) is 1. The third kappa shape index (κ3) is 6.76. The molecule has 2 aliphatic heterocycles. The molecule has 142 valence electrons. The first-order valence-electron chi connectivity index (χ1n) is 9.09. The first-order valence-corrected chi connectivity index (χ1v) is 9.09. The molecular formula is C18H31N3O4. The fraction of sp³-hybridized carbons (Fsp3) is 0.778. The van der Waals surface area contributed by atoms with Gasteiger partial charge in [0.1, 0.15) is 0 Å². The van der Waals surface area contributed by atoms with Crippen LogP contribution in [0.3, 0.4) is 0 Å². The van der Waals surface area contributed by atoms with Crippen molar-refractivity contribution in [3.05, 3.63) is 11.6 Å². The van der Waals surface area contributed by atoms with Crippen molar-refractivity contribution in [1.82, 2.24) is 10.2 Å². The molecule has 0 saturated carbocycles. The number of ether oxygens (including phenoxy) is 2. The average molecular weight is 353 g/mol. The summed E-state index contributed by atoms with van der Waals surface area (Å²) in [6, 6.07) is -0.101. The summed E-state index contributed by atoms with van der Waals surface area (Å²) in [5, 5.41) is 3.11. The lowest BCUT2D eigenvalue weighted by Crippen LogP contribution is -2.53. The van der Waals surface area contributed by atoms with Crippen LogP contribution in [0.4, 0.5) is 0 Å². The van der Waals surface area contributed by atoms with Crippen molar-refractivity contribution < 1.29 is 19.1 Å². The molecule has 7 nitrogen and oxygen atoms in total. The molecule has 3 N–H and O–H groups in total. The highest BCUT2D eigenvalue weighted by Crippen LogP contribution is 2.19. The number of amides is 2. The molecule has 0 aromatic rings. The van der Waals surface area contributed by atoms with E-state index in [0.29, 0.717) is 19.8 Å². The van der Waals surface area contributed by atoms with Gasteiger partial charge in [0.2, 0.25) is 11.8 Å². The van der Waals surface area contributed by atoms with Crippen molar-refractivity contribution in [3.63, 3.8) is 0 Å². The van der Waals surface area contributed by atoms with E-state index in [9.17, 15) is 9.59 Å². The van der Waals surface area contributed by atoms with Gasteiger partial charge in [0.15, 0.2) is 0 Å². The number of carbonyl (C=O) groups is 2. The van der Waals surface area contributed by atoms with E-state index in [4.69, 9.17) is 15.2 Å². The molecule has 2 fully saturated rings. The largest absolute Gasteiger partial charge is 0.379 e. The normalized spacial score (nSPS) is 25.4. The van der Waals surface area contributed by atoms with E-state index in [1.54, 1.807) is 0 Å². The molecule has 0 aromatic heterocycles. The van der Waals surface area contributed by atoms with Crippen LogP contribution in [0.25, 0.3) is 0 Å². The highest BCUT2D eigenvalue weighted by Gasteiger charge is 2.31. The number of rotatable bonds is 7. The van der Waals surface area contributed by atoms with E-state index in [0.717, 1.165) is 32.4 Å². The van der Waals surface area contributed by atoms with Crippen LogP contribution in [0, 0.1) is 5.92 Å². The van der Waals surface area contributed by atoms with Gasteiger partial charge in [0.05, 0.1) is 31.9 Å². The third-order valence-corrected chi connectivity index (χ3v) is 4.76. The molecule has 2 atom stereocenters. The summed E-state index contributed by atoms with van der Waals surface area (Å²) >= 11 is 0. The Morgan fingerprint density at radius 3 is 2.64 bits per heavy atom. The van der Waals surface area contributed by atoms with E-state index in [1.165, 1.54) is 5.57 Å². The fourth-order valence-corrected chi connectivity index (χ4v) is 3.27. The molecule has 2 aliphatic rings. The summed E-state index contributed by atoms with van der Waals surface area (Å²) in [7, 11) is 0. The van der Waals surface area contributed by atoms with Gasteiger partial charge in [0.25, 0.3) is 0 Å². The van der Waals surface area contributed by atoms with Crippen molar-refractivity contribution in [1.29, 1.82) is 0 Å². The van der Waals surface area contributed by atoms with Crippen LogP contribution in [-0.4, -0.2) is 68.3 Å². The van der Waals surface area contributed by atoms with Crippen molar-refractivity contribution in [3.8, 4) is 0 Å². The summed E-state index contributed by atoms with van der Waals surface area (Å²) < 4.78 is 11.4. The Kier molecular flexibility index (Phi) is 7.87. The lowest BCUT2D eigenvalue weighted by Gasteiger charge is -2.35. The molecule has 0 aliphatic carbocycles. The molecule has 0 bridgehead atoms. The van der Waals surface area contributed by atoms with Gasteiger partial charge in [-0.05, 0) is 46.2 Å². The van der Waals surface area contributed by atoms with Gasteiger partial charge in [-0.1, -0.05) is 11.6 Å². The van der Waals surface area contributed by atoms with Crippen molar-refractivity contribution in [2.24, 2.45) is 11.7 Å². The lowest BCUT2D eigenvalue weighted by molar-refractivity contribution is -0.131. The van der Waals surface area contributed by atoms with E-state index >= 15 is 0 Å². The van der Waals surface area contributed by atoms with E-state index in [-0.39, 0.29) is 36.4 Å². The Morgan fingerprint density at radius 2 is 2.00 bits per heavy atom. The molecule has 7 heteroatoms. The summed E-state index contributed by atoms with van der Waals surface area (Å²) in [6.07, 6.45) is 4.32. The summed E-state index contributed by atoms with van der Waals surface area (Å²) in [5.74, 6) is -0.284. The second-order valence-corrected chi connectivity index (χ2v) is 7.15. The van der Waals surface area contributed by atoms with Crippen molar-refractivity contribution >= 4 is 11.8 Å². The standard InChI is InChI=1S/C18H31N3O4/c1-13(2)5-10-25-16-6-9-24-12-15(16)20-18(23)14-3-7-21(8-4-14)11-17(19)22/h5,14-16H,3-4,6-12H2,1-2H3,(H2,19,22)(H,20,23)/t15-,16+/m0/s1. The number of hydrogen-bond acceptors (Lipinski definition) is 5. The molecule has 0 unspecified atom stereocenters. The number of allylic oxidation sites excluding steroid dienone is 1. The monoisotopic (exact) mass is 353 g/mol. The molecule has 0 aromatic carbocycles. The number of carbonyl (C=O) groups excluding carboxylic acids is 2. The van der Waals surface area contributed by atoms with Crippen LogP contribution < -0.4 is 11.1 Å². The Bertz CT molecular complexity index is 483. The first kappa shape index (κ1) is 19.9. The molecule has 2 saturated heterocycles. The quantitative estimate of drug-likeness (QED) is 0.648. The maximum atomic E-state index is 12.6. The smallest absolute Gasteiger partial charge is 0.231 e. The van der Waals surface area contributed by atoms with Crippen molar-refractivity contribution in [2.45, 2.75) is 45.3 Å². The van der Waals surface area contributed by atoms with Gasteiger partial charge < -0.3 is 20.5 Å². The molecular weight excluding hydrogens is 322 g/mol. The minimum Gasteiger partial charge on any atom is -0.379 e. The summed E-state index contributed by atoms with van der Waals surface area (Å²) in [4.78, 5) is 25.6. The Balaban J connectivity index is 1.79. The predicted octanol–water partition coefficient (Wildman–Crippen LogP) is 0.440. The van der Waals surface area contributed by atoms with Crippen LogP contribution >= 0.6 is 0 Å². The maximum Gasteiger partial charge on any atom is 0.231 e. The van der Waals surface area contributed by atoms with Crippen LogP contribution in [0.2, 0.25) is 0 Å². The van der Waals surface area contributed by atoms with Crippen LogP contribution in [0.15, 0.2) is 11.6 Å². The zero-order valence-electron chi connectivity index (χ0n) is 15.3. The number of nitrogens with zero attached hydrogens (tertiary/aromatic N) is 1. The lowest BCUT2D eigenvalue weighted by atomic mass is 9.95. The fourth-order valence-electron chi connectivity index (χ4n) is 3.27. The predicted molar refractivity (Wildman–Crippen MR) is 94.9 cm³/mol. The minimum atomic E-state index is -0.321.